The number of halogens is 1. The van der Waals surface area contributed by atoms with Crippen LogP contribution in [0.3, 0.4) is 0 Å². The maximum atomic E-state index is 4.80. The molecule has 120 valence electrons. The van der Waals surface area contributed by atoms with E-state index in [2.05, 4.69) is 67.4 Å². The Bertz CT molecular complexity index is 431. The summed E-state index contributed by atoms with van der Waals surface area (Å²) >= 11 is 2.37. The van der Waals surface area contributed by atoms with Crippen LogP contribution in [0.1, 0.15) is 58.5 Å². The highest BCUT2D eigenvalue weighted by Gasteiger charge is 2.15. The number of nitrogens with one attached hydrogen (secondary N) is 1. The number of likely N-dealkylation sites (N-methyl/N-ethyl adjacent to an activating group) is 1. The summed E-state index contributed by atoms with van der Waals surface area (Å²) in [5, 5.41) is 3.44. The van der Waals surface area contributed by atoms with Gasteiger partial charge in [-0.2, -0.15) is 0 Å². The van der Waals surface area contributed by atoms with E-state index in [1.807, 2.05) is 0 Å². The molecule has 0 radical (unpaired) electrons. The van der Waals surface area contributed by atoms with Crippen LogP contribution >= 0.6 is 22.6 Å². The van der Waals surface area contributed by atoms with Gasteiger partial charge in [0.1, 0.15) is 11.6 Å². The van der Waals surface area contributed by atoms with E-state index in [-0.39, 0.29) is 0 Å². The summed E-state index contributed by atoms with van der Waals surface area (Å²) in [7, 11) is 0. The molecule has 0 spiro atoms. The number of aromatic nitrogens is 2. The number of anilines is 1. The zero-order valence-corrected chi connectivity index (χ0v) is 16.2. The second-order valence-electron chi connectivity index (χ2n) is 5.55. The van der Waals surface area contributed by atoms with Crippen LogP contribution in [0.25, 0.3) is 0 Å². The first kappa shape index (κ1) is 18.6. The van der Waals surface area contributed by atoms with Gasteiger partial charge in [-0.05, 0) is 48.0 Å². The number of rotatable bonds is 9. The van der Waals surface area contributed by atoms with Crippen LogP contribution in [-0.4, -0.2) is 41.0 Å². The van der Waals surface area contributed by atoms with Crippen molar-refractivity contribution in [2.45, 2.75) is 53.4 Å². The van der Waals surface area contributed by atoms with Crippen molar-refractivity contribution < 1.29 is 0 Å². The number of hydrogen-bond acceptors (Lipinski definition) is 4. The van der Waals surface area contributed by atoms with Crippen LogP contribution in [0.5, 0.6) is 0 Å². The van der Waals surface area contributed by atoms with E-state index in [0.717, 1.165) is 50.7 Å². The van der Waals surface area contributed by atoms with E-state index < -0.39 is 0 Å². The monoisotopic (exact) mass is 404 g/mol. The fourth-order valence-corrected chi connectivity index (χ4v) is 3.22. The normalized spacial score (nSPS) is 11.4. The lowest BCUT2D eigenvalue weighted by Crippen LogP contribution is -2.26. The summed E-state index contributed by atoms with van der Waals surface area (Å²) in [6.07, 6.45) is 2.02. The molecule has 0 unspecified atom stereocenters. The zero-order valence-electron chi connectivity index (χ0n) is 14.0. The summed E-state index contributed by atoms with van der Waals surface area (Å²) < 4.78 is 1.17. The summed E-state index contributed by atoms with van der Waals surface area (Å²) in [6, 6.07) is 0. The topological polar surface area (TPSA) is 41.1 Å². The van der Waals surface area contributed by atoms with E-state index in [1.54, 1.807) is 0 Å². The lowest BCUT2D eigenvalue weighted by Gasteiger charge is -2.19. The molecule has 1 aromatic rings. The molecule has 1 rings (SSSR count). The van der Waals surface area contributed by atoms with Crippen molar-refractivity contribution in [2.75, 3.05) is 31.5 Å². The Morgan fingerprint density at radius 1 is 1.14 bits per heavy atom. The minimum absolute atomic E-state index is 0.425. The first-order valence-corrected chi connectivity index (χ1v) is 9.13. The third-order valence-electron chi connectivity index (χ3n) is 3.56. The van der Waals surface area contributed by atoms with Gasteiger partial charge >= 0.3 is 0 Å². The van der Waals surface area contributed by atoms with Crippen LogP contribution < -0.4 is 5.32 Å². The first-order chi connectivity index (χ1) is 10.0. The molecule has 0 aliphatic heterocycles. The molecule has 21 heavy (non-hydrogen) atoms. The molecule has 1 heterocycles. The third kappa shape index (κ3) is 5.70. The van der Waals surface area contributed by atoms with Gasteiger partial charge < -0.3 is 10.2 Å². The Labute approximate surface area is 143 Å². The maximum absolute atomic E-state index is 4.80. The van der Waals surface area contributed by atoms with E-state index >= 15 is 0 Å². The van der Waals surface area contributed by atoms with E-state index in [1.165, 1.54) is 9.26 Å². The van der Waals surface area contributed by atoms with Gasteiger partial charge in [0.25, 0.3) is 0 Å². The predicted molar refractivity (Wildman–Crippen MR) is 99.1 cm³/mol. The summed E-state index contributed by atoms with van der Waals surface area (Å²) in [6.45, 7) is 15.1. The summed E-state index contributed by atoms with van der Waals surface area (Å²) in [5.41, 5.74) is 1.17. The number of nitrogens with zero attached hydrogens (tertiary/aromatic N) is 3. The van der Waals surface area contributed by atoms with Crippen LogP contribution in [0.4, 0.5) is 5.82 Å². The molecule has 1 N–H and O–H groups in total. The molecule has 5 heteroatoms. The second kappa shape index (κ2) is 9.56. The summed E-state index contributed by atoms with van der Waals surface area (Å²) in [5.74, 6) is 2.39. The van der Waals surface area contributed by atoms with Gasteiger partial charge in [0.2, 0.25) is 0 Å². The molecule has 0 amide bonds. The average molecular weight is 404 g/mol. The lowest BCUT2D eigenvalue weighted by molar-refractivity contribution is 0.305. The average Bonchev–Trinajstić information content (AvgIpc) is 2.47. The van der Waals surface area contributed by atoms with Crippen molar-refractivity contribution in [3.63, 3.8) is 0 Å². The van der Waals surface area contributed by atoms with Crippen LogP contribution in [0.2, 0.25) is 0 Å². The minimum atomic E-state index is 0.425. The zero-order chi connectivity index (χ0) is 15.8. The van der Waals surface area contributed by atoms with Crippen LogP contribution in [0.15, 0.2) is 0 Å². The van der Waals surface area contributed by atoms with Crippen molar-refractivity contribution in [1.82, 2.24) is 14.9 Å². The molecule has 0 atom stereocenters. The fraction of sp³-hybridized carbons (Fsp3) is 0.750. The Balaban J connectivity index is 2.94. The fourth-order valence-electron chi connectivity index (χ4n) is 2.17. The Morgan fingerprint density at radius 2 is 1.81 bits per heavy atom. The standard InChI is InChI=1S/C16H29IN4/c1-6-10-18-16-14(17)15(12(4)5)19-13(20-16)9-11-21(7-2)8-3/h12H,6-11H2,1-5H3,(H,18,19,20). The lowest BCUT2D eigenvalue weighted by atomic mass is 10.1. The number of hydrogen-bond donors (Lipinski definition) is 1. The molecule has 0 aromatic carbocycles. The highest BCUT2D eigenvalue weighted by Crippen LogP contribution is 2.25. The SMILES string of the molecule is CCCNc1nc(CCN(CC)CC)nc(C(C)C)c1I. The van der Waals surface area contributed by atoms with Gasteiger partial charge in [-0.3, -0.25) is 0 Å². The Hall–Kier alpha value is -0.430. The van der Waals surface area contributed by atoms with Gasteiger partial charge in [0.05, 0.1) is 9.26 Å². The smallest absolute Gasteiger partial charge is 0.143 e. The van der Waals surface area contributed by atoms with Crippen molar-refractivity contribution in [3.8, 4) is 0 Å². The van der Waals surface area contributed by atoms with Gasteiger partial charge in [0, 0.05) is 19.5 Å². The van der Waals surface area contributed by atoms with E-state index in [0.29, 0.717) is 5.92 Å². The largest absolute Gasteiger partial charge is 0.369 e. The summed E-state index contributed by atoms with van der Waals surface area (Å²) in [4.78, 5) is 11.9. The maximum Gasteiger partial charge on any atom is 0.143 e. The van der Waals surface area contributed by atoms with Gasteiger partial charge in [0.15, 0.2) is 0 Å². The van der Waals surface area contributed by atoms with Crippen LogP contribution in [0, 0.1) is 3.57 Å². The van der Waals surface area contributed by atoms with Gasteiger partial charge in [-0.25, -0.2) is 9.97 Å². The third-order valence-corrected chi connectivity index (χ3v) is 4.62. The van der Waals surface area contributed by atoms with E-state index in [4.69, 9.17) is 9.97 Å². The Morgan fingerprint density at radius 3 is 2.33 bits per heavy atom. The minimum Gasteiger partial charge on any atom is -0.369 e. The second-order valence-corrected chi connectivity index (χ2v) is 6.62. The van der Waals surface area contributed by atoms with Gasteiger partial charge in [-0.1, -0.05) is 34.6 Å². The molecule has 0 saturated heterocycles. The van der Waals surface area contributed by atoms with Crippen molar-refractivity contribution >= 4 is 28.4 Å². The Kier molecular flexibility index (Phi) is 8.48. The van der Waals surface area contributed by atoms with Crippen LogP contribution in [-0.2, 0) is 6.42 Å². The highest BCUT2D eigenvalue weighted by molar-refractivity contribution is 14.1. The molecular weight excluding hydrogens is 375 g/mol. The predicted octanol–water partition coefficient (Wildman–Crippen LogP) is 3.91. The molecule has 0 bridgehead atoms. The molecule has 1 aromatic heterocycles. The van der Waals surface area contributed by atoms with Crippen molar-refractivity contribution in [3.05, 3.63) is 15.1 Å². The molecule has 0 fully saturated rings. The molecule has 0 aliphatic carbocycles. The first-order valence-electron chi connectivity index (χ1n) is 8.05. The molecule has 0 aliphatic rings. The highest BCUT2D eigenvalue weighted by atomic mass is 127. The van der Waals surface area contributed by atoms with E-state index in [9.17, 15) is 0 Å². The van der Waals surface area contributed by atoms with Gasteiger partial charge in [-0.15, -0.1) is 0 Å². The van der Waals surface area contributed by atoms with Crippen molar-refractivity contribution in [2.24, 2.45) is 0 Å². The molecule has 4 nitrogen and oxygen atoms in total. The van der Waals surface area contributed by atoms with Crippen molar-refractivity contribution in [1.29, 1.82) is 0 Å². The molecule has 0 saturated carbocycles. The quantitative estimate of drug-likeness (QED) is 0.634. The molecular formula is C16H29IN4.